The number of nitrogens with zero attached hydrogens (tertiary/aromatic N) is 3. The Hall–Kier alpha value is -0.0800. The third-order valence-electron chi connectivity index (χ3n) is 5.10. The second-order valence-electron chi connectivity index (χ2n) is 8.02. The summed E-state index contributed by atoms with van der Waals surface area (Å²) in [5.41, 5.74) is 0.286. The lowest BCUT2D eigenvalue weighted by atomic mass is 9.87. The van der Waals surface area contributed by atoms with Gasteiger partial charge in [-0.15, -0.1) is 24.0 Å². The Labute approximate surface area is 179 Å². The Morgan fingerprint density at radius 2 is 1.62 bits per heavy atom. The van der Waals surface area contributed by atoms with Crippen LogP contribution in [0.2, 0.25) is 0 Å². The summed E-state index contributed by atoms with van der Waals surface area (Å²) in [5, 5.41) is 6.91. The molecule has 0 aromatic heterocycles. The first-order chi connectivity index (χ1) is 12.0. The highest BCUT2D eigenvalue weighted by Gasteiger charge is 2.17. The fourth-order valence-corrected chi connectivity index (χ4v) is 3.23. The summed E-state index contributed by atoms with van der Waals surface area (Å²) in [5.74, 6) is 0.971. The topological polar surface area (TPSA) is 42.9 Å². The molecule has 5 nitrogen and oxygen atoms in total. The third-order valence-corrected chi connectivity index (χ3v) is 5.10. The first-order valence-electron chi connectivity index (χ1n) is 10.5. The van der Waals surface area contributed by atoms with E-state index >= 15 is 0 Å². The molecule has 0 bridgehead atoms. The Bertz CT molecular complexity index is 365. The molecule has 0 unspecified atom stereocenters. The van der Waals surface area contributed by atoms with Crippen LogP contribution in [0.25, 0.3) is 0 Å². The quantitative estimate of drug-likeness (QED) is 0.206. The van der Waals surface area contributed by atoms with Crippen molar-refractivity contribution in [2.75, 3.05) is 58.9 Å². The van der Waals surface area contributed by atoms with E-state index in [1.165, 1.54) is 58.4 Å². The number of unbranched alkanes of at least 4 members (excludes halogenated alkanes) is 2. The van der Waals surface area contributed by atoms with Crippen LogP contribution in [-0.4, -0.2) is 74.7 Å². The summed E-state index contributed by atoms with van der Waals surface area (Å²) in [6, 6.07) is 0. The molecule has 1 saturated heterocycles. The highest BCUT2D eigenvalue weighted by molar-refractivity contribution is 14.0. The van der Waals surface area contributed by atoms with E-state index in [2.05, 4.69) is 55.1 Å². The minimum atomic E-state index is 0. The molecule has 0 spiro atoms. The number of hydrogen-bond acceptors (Lipinski definition) is 3. The molecule has 1 aliphatic rings. The molecule has 2 N–H and O–H groups in total. The Balaban J connectivity index is 0.00000625. The predicted molar refractivity (Wildman–Crippen MR) is 126 cm³/mol. The Morgan fingerprint density at radius 3 is 2.19 bits per heavy atom. The van der Waals surface area contributed by atoms with Gasteiger partial charge in [0.1, 0.15) is 0 Å². The predicted octanol–water partition coefficient (Wildman–Crippen LogP) is 3.40. The second kappa shape index (κ2) is 14.9. The highest BCUT2D eigenvalue weighted by atomic mass is 127. The van der Waals surface area contributed by atoms with E-state index in [0.29, 0.717) is 0 Å². The fourth-order valence-electron chi connectivity index (χ4n) is 3.23. The minimum Gasteiger partial charge on any atom is -0.357 e. The van der Waals surface area contributed by atoms with Gasteiger partial charge in [-0.2, -0.15) is 0 Å². The van der Waals surface area contributed by atoms with Gasteiger partial charge in [-0.1, -0.05) is 47.0 Å². The first-order valence-corrected chi connectivity index (χ1v) is 10.5. The van der Waals surface area contributed by atoms with Crippen LogP contribution in [0.1, 0.15) is 60.3 Å². The maximum atomic E-state index is 4.84. The molecule has 0 aromatic rings. The van der Waals surface area contributed by atoms with Crippen molar-refractivity contribution in [1.29, 1.82) is 0 Å². The van der Waals surface area contributed by atoms with Crippen LogP contribution >= 0.6 is 24.0 Å². The molecule has 1 rings (SSSR count). The average Bonchev–Trinajstić information content (AvgIpc) is 2.60. The molecule has 0 saturated carbocycles. The second-order valence-corrected chi connectivity index (χ2v) is 8.02. The summed E-state index contributed by atoms with van der Waals surface area (Å²) in [6.45, 7) is 21.2. The third kappa shape index (κ3) is 11.6. The Kier molecular flexibility index (Phi) is 14.9. The number of nitrogens with one attached hydrogen (secondary N) is 2. The van der Waals surface area contributed by atoms with E-state index < -0.39 is 0 Å². The van der Waals surface area contributed by atoms with Crippen LogP contribution in [-0.2, 0) is 0 Å². The molecule has 1 fully saturated rings. The van der Waals surface area contributed by atoms with E-state index in [9.17, 15) is 0 Å². The number of halogens is 1. The van der Waals surface area contributed by atoms with Gasteiger partial charge in [0.15, 0.2) is 5.96 Å². The van der Waals surface area contributed by atoms with Gasteiger partial charge in [-0.05, 0) is 25.3 Å². The van der Waals surface area contributed by atoms with Gasteiger partial charge >= 0.3 is 0 Å². The van der Waals surface area contributed by atoms with Crippen molar-refractivity contribution >= 4 is 29.9 Å². The molecule has 26 heavy (non-hydrogen) atoms. The maximum absolute atomic E-state index is 4.84. The zero-order chi connectivity index (χ0) is 18.5. The lowest BCUT2D eigenvalue weighted by Crippen LogP contribution is -2.49. The lowest BCUT2D eigenvalue weighted by Gasteiger charge is -2.34. The highest BCUT2D eigenvalue weighted by Crippen LogP contribution is 2.23. The molecule has 1 aliphatic heterocycles. The molecule has 0 amide bonds. The van der Waals surface area contributed by atoms with E-state index in [4.69, 9.17) is 4.99 Å². The van der Waals surface area contributed by atoms with Crippen molar-refractivity contribution in [2.24, 2.45) is 10.4 Å². The molecule has 0 atom stereocenters. The number of likely N-dealkylation sites (N-methyl/N-ethyl adjacent to an activating group) is 1. The van der Waals surface area contributed by atoms with Gasteiger partial charge in [0.05, 0.1) is 0 Å². The molecule has 0 radical (unpaired) electrons. The van der Waals surface area contributed by atoms with E-state index in [1.807, 2.05) is 0 Å². The maximum Gasteiger partial charge on any atom is 0.191 e. The van der Waals surface area contributed by atoms with Crippen molar-refractivity contribution in [3.05, 3.63) is 0 Å². The minimum absolute atomic E-state index is 0. The van der Waals surface area contributed by atoms with Crippen molar-refractivity contribution in [3.63, 3.8) is 0 Å². The van der Waals surface area contributed by atoms with Gasteiger partial charge in [-0.25, -0.2) is 0 Å². The number of hydrogen-bond donors (Lipinski definition) is 2. The lowest BCUT2D eigenvalue weighted by molar-refractivity contribution is 0.139. The summed E-state index contributed by atoms with van der Waals surface area (Å²) in [7, 11) is 0. The van der Waals surface area contributed by atoms with Crippen LogP contribution in [0.15, 0.2) is 4.99 Å². The van der Waals surface area contributed by atoms with Gasteiger partial charge in [0.2, 0.25) is 0 Å². The molecular formula is C20H44IN5. The number of aliphatic imine (C=N–C) groups is 1. The monoisotopic (exact) mass is 481 g/mol. The first kappa shape index (κ1) is 25.9. The average molecular weight is 482 g/mol. The number of piperazine rings is 1. The van der Waals surface area contributed by atoms with Crippen LogP contribution < -0.4 is 10.6 Å². The van der Waals surface area contributed by atoms with Crippen molar-refractivity contribution in [3.8, 4) is 0 Å². The standard InChI is InChI=1S/C20H43N5.HI/c1-6-9-10-11-20(4,5)18-23-19(21-7-2)22-12-13-25-16-14-24(8-3)15-17-25;/h6-18H2,1-5H3,(H2,21,22,23);1H. The largest absolute Gasteiger partial charge is 0.357 e. The van der Waals surface area contributed by atoms with Gasteiger partial charge in [-0.3, -0.25) is 9.89 Å². The van der Waals surface area contributed by atoms with Crippen molar-refractivity contribution in [1.82, 2.24) is 20.4 Å². The van der Waals surface area contributed by atoms with Crippen LogP contribution in [0.5, 0.6) is 0 Å². The zero-order valence-electron chi connectivity index (χ0n) is 17.9. The normalized spacial score (nSPS) is 17.0. The SMILES string of the molecule is CCCCCC(C)(C)CN=C(NCC)NCCN1CCN(CC)CC1.I. The summed E-state index contributed by atoms with van der Waals surface area (Å²) in [6.07, 6.45) is 5.19. The molecular weight excluding hydrogens is 437 g/mol. The van der Waals surface area contributed by atoms with Crippen molar-refractivity contribution in [2.45, 2.75) is 60.3 Å². The van der Waals surface area contributed by atoms with E-state index in [-0.39, 0.29) is 29.4 Å². The summed E-state index contributed by atoms with van der Waals surface area (Å²) in [4.78, 5) is 9.92. The molecule has 0 aromatic carbocycles. The van der Waals surface area contributed by atoms with Crippen LogP contribution in [0, 0.1) is 5.41 Å². The van der Waals surface area contributed by atoms with Gasteiger partial charge in [0, 0.05) is 52.4 Å². The molecule has 0 aliphatic carbocycles. The number of rotatable bonds is 11. The van der Waals surface area contributed by atoms with Gasteiger partial charge < -0.3 is 15.5 Å². The molecule has 1 heterocycles. The summed E-state index contributed by atoms with van der Waals surface area (Å²) < 4.78 is 0. The van der Waals surface area contributed by atoms with Gasteiger partial charge in [0.25, 0.3) is 0 Å². The van der Waals surface area contributed by atoms with Crippen LogP contribution in [0.3, 0.4) is 0 Å². The summed E-state index contributed by atoms with van der Waals surface area (Å²) >= 11 is 0. The van der Waals surface area contributed by atoms with Crippen LogP contribution in [0.4, 0.5) is 0 Å². The molecule has 6 heteroatoms. The fraction of sp³-hybridized carbons (Fsp3) is 0.950. The Morgan fingerprint density at radius 1 is 0.962 bits per heavy atom. The smallest absolute Gasteiger partial charge is 0.191 e. The molecule has 156 valence electrons. The number of guanidine groups is 1. The van der Waals surface area contributed by atoms with Crippen molar-refractivity contribution < 1.29 is 0 Å². The van der Waals surface area contributed by atoms with E-state index in [1.54, 1.807) is 0 Å². The zero-order valence-corrected chi connectivity index (χ0v) is 20.3. The van der Waals surface area contributed by atoms with E-state index in [0.717, 1.165) is 32.1 Å².